The van der Waals surface area contributed by atoms with E-state index in [0.717, 1.165) is 10.2 Å². The van der Waals surface area contributed by atoms with Gasteiger partial charge in [-0.1, -0.05) is 6.07 Å². The van der Waals surface area contributed by atoms with Gasteiger partial charge in [0.2, 0.25) is 0 Å². The molecular weight excluding hydrogens is 338 g/mol. The number of rotatable bonds is 2. The highest BCUT2D eigenvalue weighted by atomic mass is 79.9. The third kappa shape index (κ3) is 2.66. The van der Waals surface area contributed by atoms with Gasteiger partial charge in [-0.05, 0) is 28.1 Å². The number of nitrogens with zero attached hydrogens (tertiary/aromatic N) is 3. The molecule has 0 aliphatic rings. The maximum Gasteiger partial charge on any atom is 0.433 e. The zero-order valence-electron chi connectivity index (χ0n) is 8.45. The second-order valence-electron chi connectivity index (χ2n) is 3.20. The lowest BCUT2D eigenvalue weighted by molar-refractivity contribution is -0.141. The summed E-state index contributed by atoms with van der Waals surface area (Å²) in [7, 11) is 0. The maximum atomic E-state index is 12.5. The number of pyridine rings is 1. The summed E-state index contributed by atoms with van der Waals surface area (Å²) in [4.78, 5) is 3.46. The highest BCUT2D eigenvalue weighted by molar-refractivity contribution is 9.10. The molecule has 0 aromatic carbocycles. The second kappa shape index (κ2) is 4.88. The van der Waals surface area contributed by atoms with E-state index in [2.05, 4.69) is 26.0 Å². The molecule has 0 amide bonds. The molecule has 2 rings (SSSR count). The number of halogens is 5. The molecule has 0 N–H and O–H groups in total. The van der Waals surface area contributed by atoms with E-state index < -0.39 is 11.9 Å². The molecule has 96 valence electrons. The van der Waals surface area contributed by atoms with E-state index in [1.165, 1.54) is 18.3 Å². The van der Waals surface area contributed by atoms with Gasteiger partial charge in [-0.15, -0.1) is 3.89 Å². The fourth-order valence-corrected chi connectivity index (χ4v) is 2.14. The van der Waals surface area contributed by atoms with E-state index in [1.807, 2.05) is 0 Å². The number of aromatic nitrogens is 3. The minimum absolute atomic E-state index is 0.0181. The van der Waals surface area contributed by atoms with Crippen LogP contribution in [0.5, 0.6) is 0 Å². The summed E-state index contributed by atoms with van der Waals surface area (Å²) in [6.45, 7) is 0. The summed E-state index contributed by atoms with van der Waals surface area (Å²) in [6.07, 6.45) is -3.23. The zero-order valence-corrected chi connectivity index (χ0v) is 10.9. The Morgan fingerprint density at radius 2 is 2.00 bits per heavy atom. The molecule has 0 bridgehead atoms. The zero-order chi connectivity index (χ0) is 13.3. The first-order valence-electron chi connectivity index (χ1n) is 4.50. The highest BCUT2D eigenvalue weighted by Gasteiger charge is 2.32. The van der Waals surface area contributed by atoms with Crippen LogP contribution in [0, 0.1) is 0 Å². The monoisotopic (exact) mass is 341 g/mol. The van der Waals surface area contributed by atoms with E-state index in [4.69, 9.17) is 0 Å². The van der Waals surface area contributed by atoms with Gasteiger partial charge in [0.05, 0.1) is 16.4 Å². The Morgan fingerprint density at radius 3 is 2.56 bits per heavy atom. The van der Waals surface area contributed by atoms with Crippen molar-refractivity contribution in [2.75, 3.05) is 0 Å². The van der Waals surface area contributed by atoms with Crippen LogP contribution in [0.4, 0.5) is 17.1 Å². The first-order valence-corrected chi connectivity index (χ1v) is 5.97. The van der Waals surface area contributed by atoms with Crippen LogP contribution in [0.3, 0.4) is 0 Å². The molecule has 0 spiro atoms. The largest absolute Gasteiger partial charge is 0.433 e. The van der Waals surface area contributed by atoms with Gasteiger partial charge in [0.1, 0.15) is 11.4 Å². The molecule has 0 saturated heterocycles. The van der Waals surface area contributed by atoms with Crippen LogP contribution in [0.15, 0.2) is 28.9 Å². The SMILES string of the molecule is FSn1cc(Br)c(-c2cccc(C(F)(F)F)n2)n1. The molecule has 0 aliphatic carbocycles. The Kier molecular flexibility index (Phi) is 3.62. The van der Waals surface area contributed by atoms with Crippen molar-refractivity contribution in [2.24, 2.45) is 0 Å². The van der Waals surface area contributed by atoms with E-state index in [-0.39, 0.29) is 23.7 Å². The topological polar surface area (TPSA) is 30.7 Å². The summed E-state index contributed by atoms with van der Waals surface area (Å²) in [5.41, 5.74) is -0.856. The molecule has 9 heteroatoms. The van der Waals surface area contributed by atoms with Gasteiger partial charge in [-0.25, -0.2) is 4.98 Å². The lowest BCUT2D eigenvalue weighted by atomic mass is 10.2. The van der Waals surface area contributed by atoms with Crippen molar-refractivity contribution >= 4 is 28.3 Å². The first-order chi connectivity index (χ1) is 8.41. The van der Waals surface area contributed by atoms with E-state index in [0.29, 0.717) is 4.47 Å². The van der Waals surface area contributed by atoms with Gasteiger partial charge in [0.25, 0.3) is 0 Å². The smallest absolute Gasteiger partial charge is 0.242 e. The Labute approximate surface area is 112 Å². The van der Waals surface area contributed by atoms with Gasteiger partial charge >= 0.3 is 6.18 Å². The second-order valence-corrected chi connectivity index (χ2v) is 4.57. The van der Waals surface area contributed by atoms with E-state index in [1.54, 1.807) is 0 Å². The average Bonchev–Trinajstić information content (AvgIpc) is 2.70. The summed E-state index contributed by atoms with van der Waals surface area (Å²) < 4.78 is 51.0. The van der Waals surface area contributed by atoms with E-state index >= 15 is 0 Å². The number of alkyl halides is 3. The van der Waals surface area contributed by atoms with Crippen molar-refractivity contribution in [2.45, 2.75) is 6.18 Å². The van der Waals surface area contributed by atoms with E-state index in [9.17, 15) is 17.1 Å². The maximum absolute atomic E-state index is 12.5. The van der Waals surface area contributed by atoms with Crippen LogP contribution in [-0.4, -0.2) is 14.2 Å². The highest BCUT2D eigenvalue weighted by Crippen LogP contribution is 2.31. The van der Waals surface area contributed by atoms with Gasteiger partial charge in [-0.2, -0.15) is 22.4 Å². The molecule has 2 aromatic heterocycles. The minimum atomic E-state index is -4.53. The minimum Gasteiger partial charge on any atom is -0.242 e. The molecule has 0 fully saturated rings. The van der Waals surface area contributed by atoms with Crippen LogP contribution >= 0.6 is 28.3 Å². The third-order valence-electron chi connectivity index (χ3n) is 2.00. The quantitative estimate of drug-likeness (QED) is 0.770. The fourth-order valence-electron chi connectivity index (χ4n) is 1.27. The third-order valence-corrected chi connectivity index (χ3v) is 2.91. The van der Waals surface area contributed by atoms with Crippen LogP contribution < -0.4 is 0 Å². The summed E-state index contributed by atoms with van der Waals surface area (Å²) in [5, 5.41) is 3.75. The number of hydrogen-bond donors (Lipinski definition) is 0. The lowest BCUT2D eigenvalue weighted by Gasteiger charge is -2.06. The van der Waals surface area contributed by atoms with Crippen LogP contribution in [0.25, 0.3) is 11.4 Å². The average molecular weight is 342 g/mol. The normalized spacial score (nSPS) is 11.8. The number of hydrogen-bond acceptors (Lipinski definition) is 3. The molecule has 0 saturated carbocycles. The van der Waals surface area contributed by atoms with Crippen molar-refractivity contribution in [1.82, 2.24) is 14.2 Å². The molecule has 2 aromatic rings. The fraction of sp³-hybridized carbons (Fsp3) is 0.111. The van der Waals surface area contributed by atoms with Gasteiger partial charge in [0, 0.05) is 0 Å². The molecule has 0 aliphatic heterocycles. The molecule has 0 unspecified atom stereocenters. The summed E-state index contributed by atoms with van der Waals surface area (Å²) in [6, 6.07) is 3.45. The van der Waals surface area contributed by atoms with Crippen molar-refractivity contribution in [3.8, 4) is 11.4 Å². The predicted molar refractivity (Wildman–Crippen MR) is 62.3 cm³/mol. The summed E-state index contributed by atoms with van der Waals surface area (Å²) in [5.74, 6) is 0. The Bertz CT molecular complexity index is 569. The molecule has 0 atom stereocenters. The van der Waals surface area contributed by atoms with Crippen LogP contribution in [0.1, 0.15) is 5.69 Å². The van der Waals surface area contributed by atoms with Crippen molar-refractivity contribution in [3.63, 3.8) is 0 Å². The van der Waals surface area contributed by atoms with Crippen molar-refractivity contribution in [1.29, 1.82) is 0 Å². The summed E-state index contributed by atoms with van der Waals surface area (Å²) >= 11 is 2.92. The molecule has 2 heterocycles. The van der Waals surface area contributed by atoms with Gasteiger partial charge < -0.3 is 0 Å². The van der Waals surface area contributed by atoms with Crippen molar-refractivity contribution < 1.29 is 17.1 Å². The molecular formula is C9H4BrF4N3S. The van der Waals surface area contributed by atoms with Gasteiger partial charge in [0.15, 0.2) is 12.3 Å². The Morgan fingerprint density at radius 1 is 1.28 bits per heavy atom. The van der Waals surface area contributed by atoms with Crippen molar-refractivity contribution in [3.05, 3.63) is 34.6 Å². The van der Waals surface area contributed by atoms with Gasteiger partial charge in [-0.3, -0.25) is 0 Å². The Hall–Kier alpha value is -1.09. The van der Waals surface area contributed by atoms with Crippen LogP contribution in [0.2, 0.25) is 0 Å². The molecule has 18 heavy (non-hydrogen) atoms. The standard InChI is InChI=1S/C9H4BrF4N3S/c10-5-4-17(18-14)16-8(5)6-2-1-3-7(15-6)9(11,12)13/h1-4H. The first kappa shape index (κ1) is 13.3. The predicted octanol–water partition coefficient (Wildman–Crippen LogP) is 4.11. The molecule has 0 radical (unpaired) electrons. The Balaban J connectivity index is 2.47. The lowest BCUT2D eigenvalue weighted by Crippen LogP contribution is -2.08. The molecule has 3 nitrogen and oxygen atoms in total. The van der Waals surface area contributed by atoms with Crippen LogP contribution in [-0.2, 0) is 6.18 Å².